The number of anilines is 1. The van der Waals surface area contributed by atoms with Gasteiger partial charge in [0.2, 0.25) is 0 Å². The highest BCUT2D eigenvalue weighted by Gasteiger charge is 2.21. The molecule has 34 heavy (non-hydrogen) atoms. The first-order valence-corrected chi connectivity index (χ1v) is 11.8. The second-order valence-electron chi connectivity index (χ2n) is 8.29. The molecule has 174 valence electrons. The van der Waals surface area contributed by atoms with Crippen molar-refractivity contribution in [1.82, 2.24) is 24.4 Å². The Morgan fingerprint density at radius 3 is 2.29 bits per heavy atom. The zero-order chi connectivity index (χ0) is 23.0. The summed E-state index contributed by atoms with van der Waals surface area (Å²) < 4.78 is 13.8. The summed E-state index contributed by atoms with van der Waals surface area (Å²) in [5, 5.41) is 3.39. The van der Waals surface area contributed by atoms with Crippen LogP contribution < -0.4 is 16.2 Å². The van der Waals surface area contributed by atoms with Crippen LogP contribution in [0.2, 0.25) is 0 Å². The van der Waals surface area contributed by atoms with Crippen molar-refractivity contribution in [3.63, 3.8) is 0 Å². The van der Waals surface area contributed by atoms with Crippen molar-refractivity contribution in [2.24, 2.45) is 0 Å². The smallest absolute Gasteiger partial charge is 0.361 e. The molecule has 2 aromatic carbocycles. The van der Waals surface area contributed by atoms with Gasteiger partial charge in [0, 0.05) is 39.3 Å². The SMILES string of the molecule is c1ccc(B(OCCNc2ncnc3c2ncn3CCN2CCOCC2)c2ccccc2)cc1. The largest absolute Gasteiger partial charge is 0.425 e. The highest BCUT2D eigenvalue weighted by Crippen LogP contribution is 2.17. The zero-order valence-electron chi connectivity index (χ0n) is 19.2. The molecule has 4 aromatic rings. The standard InChI is InChI=1S/C25H29BN6O2/c1-3-7-21(8-4-1)26(22-9-5-2-6-10-22)34-16-11-27-24-23-25(29-19-28-24)32(20-30-23)13-12-31-14-17-33-18-15-31/h1-10,19-20H,11-18H2,(H,27,28,29). The fraction of sp³-hybridized carbons (Fsp3) is 0.320. The maximum atomic E-state index is 6.31. The first kappa shape index (κ1) is 22.5. The number of morpholine rings is 1. The third-order valence-electron chi connectivity index (χ3n) is 6.05. The number of nitrogens with zero attached hydrogens (tertiary/aromatic N) is 5. The Morgan fingerprint density at radius 1 is 0.882 bits per heavy atom. The van der Waals surface area contributed by atoms with E-state index in [2.05, 4.69) is 54.0 Å². The molecule has 1 N–H and O–H groups in total. The van der Waals surface area contributed by atoms with Gasteiger partial charge in [0.05, 0.1) is 19.5 Å². The molecule has 1 aliphatic heterocycles. The lowest BCUT2D eigenvalue weighted by Crippen LogP contribution is -2.45. The summed E-state index contributed by atoms with van der Waals surface area (Å²) >= 11 is 0. The van der Waals surface area contributed by atoms with Crippen LogP contribution in [-0.2, 0) is 15.9 Å². The normalized spacial score (nSPS) is 14.4. The predicted molar refractivity (Wildman–Crippen MR) is 135 cm³/mol. The van der Waals surface area contributed by atoms with Crippen molar-refractivity contribution in [3.05, 3.63) is 73.3 Å². The first-order chi connectivity index (χ1) is 16.9. The molecule has 5 rings (SSSR count). The highest BCUT2D eigenvalue weighted by molar-refractivity contribution is 6.80. The van der Waals surface area contributed by atoms with E-state index in [9.17, 15) is 0 Å². The lowest BCUT2D eigenvalue weighted by atomic mass is 9.55. The van der Waals surface area contributed by atoms with Crippen LogP contribution >= 0.6 is 0 Å². The Kier molecular flexibility index (Phi) is 7.45. The van der Waals surface area contributed by atoms with Gasteiger partial charge in [-0.1, -0.05) is 60.7 Å². The monoisotopic (exact) mass is 456 g/mol. The van der Waals surface area contributed by atoms with Crippen LogP contribution in [0.25, 0.3) is 11.2 Å². The van der Waals surface area contributed by atoms with Crippen molar-refractivity contribution in [2.75, 3.05) is 51.3 Å². The average molecular weight is 456 g/mol. The van der Waals surface area contributed by atoms with Gasteiger partial charge in [-0.2, -0.15) is 0 Å². The topological polar surface area (TPSA) is 77.3 Å². The molecule has 1 saturated heterocycles. The highest BCUT2D eigenvalue weighted by atomic mass is 16.5. The summed E-state index contributed by atoms with van der Waals surface area (Å²) in [5.74, 6) is 0.731. The van der Waals surface area contributed by atoms with Crippen molar-refractivity contribution in [2.45, 2.75) is 6.54 Å². The van der Waals surface area contributed by atoms with E-state index < -0.39 is 0 Å². The molecule has 1 aliphatic rings. The van der Waals surface area contributed by atoms with E-state index in [1.54, 1.807) is 6.33 Å². The maximum Gasteiger partial charge on any atom is 0.361 e. The maximum absolute atomic E-state index is 6.31. The van der Waals surface area contributed by atoms with Crippen LogP contribution in [0.15, 0.2) is 73.3 Å². The number of rotatable bonds is 10. The molecule has 0 saturated carbocycles. The fourth-order valence-electron chi connectivity index (χ4n) is 4.23. The lowest BCUT2D eigenvalue weighted by molar-refractivity contribution is 0.0365. The van der Waals surface area contributed by atoms with E-state index in [1.807, 2.05) is 42.7 Å². The summed E-state index contributed by atoms with van der Waals surface area (Å²) in [5.41, 5.74) is 3.90. The molecule has 9 heteroatoms. The fourth-order valence-corrected chi connectivity index (χ4v) is 4.23. The molecule has 0 unspecified atom stereocenters. The lowest BCUT2D eigenvalue weighted by Gasteiger charge is -2.26. The summed E-state index contributed by atoms with van der Waals surface area (Å²) in [6.45, 7) is 6.37. The molecule has 8 nitrogen and oxygen atoms in total. The minimum Gasteiger partial charge on any atom is -0.425 e. The van der Waals surface area contributed by atoms with Crippen LogP contribution in [-0.4, -0.2) is 77.3 Å². The van der Waals surface area contributed by atoms with Crippen LogP contribution in [0.4, 0.5) is 5.82 Å². The number of nitrogens with one attached hydrogen (secondary N) is 1. The average Bonchev–Trinajstić information content (AvgIpc) is 3.33. The minimum absolute atomic E-state index is 0.117. The first-order valence-electron chi connectivity index (χ1n) is 11.8. The Bertz CT molecular complexity index is 1130. The van der Waals surface area contributed by atoms with Crippen LogP contribution in [0.1, 0.15) is 0 Å². The molecule has 0 aliphatic carbocycles. The van der Waals surface area contributed by atoms with Crippen molar-refractivity contribution in [1.29, 1.82) is 0 Å². The number of hydrogen-bond acceptors (Lipinski definition) is 7. The van der Waals surface area contributed by atoms with E-state index in [4.69, 9.17) is 9.39 Å². The molecule has 1 fully saturated rings. The van der Waals surface area contributed by atoms with Crippen LogP contribution in [0.5, 0.6) is 0 Å². The van der Waals surface area contributed by atoms with Crippen LogP contribution in [0.3, 0.4) is 0 Å². The van der Waals surface area contributed by atoms with Gasteiger partial charge in [-0.05, 0) is 10.9 Å². The van der Waals surface area contributed by atoms with Crippen molar-refractivity contribution in [3.8, 4) is 0 Å². The predicted octanol–water partition coefficient (Wildman–Crippen LogP) is 1.39. The molecule has 2 aromatic heterocycles. The Hall–Kier alpha value is -3.27. The van der Waals surface area contributed by atoms with Gasteiger partial charge in [0.1, 0.15) is 11.8 Å². The zero-order valence-corrected chi connectivity index (χ0v) is 19.2. The molecule has 0 spiro atoms. The van der Waals surface area contributed by atoms with Gasteiger partial charge in [0.25, 0.3) is 0 Å². The van der Waals surface area contributed by atoms with E-state index in [-0.39, 0.29) is 6.92 Å². The molecular formula is C25H29BN6O2. The Balaban J connectivity index is 1.20. The second-order valence-corrected chi connectivity index (χ2v) is 8.29. The van der Waals surface area contributed by atoms with Crippen molar-refractivity contribution < 1.29 is 9.39 Å². The number of fused-ring (bicyclic) bond motifs is 1. The molecular weight excluding hydrogens is 427 g/mol. The van der Waals surface area contributed by atoms with E-state index in [0.29, 0.717) is 13.2 Å². The number of aromatic nitrogens is 4. The second kappa shape index (κ2) is 11.2. The third-order valence-corrected chi connectivity index (χ3v) is 6.05. The molecule has 0 bridgehead atoms. The van der Waals surface area contributed by atoms with Gasteiger partial charge < -0.3 is 19.3 Å². The molecule has 0 radical (unpaired) electrons. The number of ether oxygens (including phenoxy) is 1. The number of imidazole rings is 1. The summed E-state index contributed by atoms with van der Waals surface area (Å²) in [4.78, 5) is 15.9. The van der Waals surface area contributed by atoms with Gasteiger partial charge in [-0.25, -0.2) is 15.0 Å². The summed E-state index contributed by atoms with van der Waals surface area (Å²) in [6, 6.07) is 20.6. The molecule has 0 amide bonds. The number of hydrogen-bond donors (Lipinski definition) is 1. The summed E-state index contributed by atoms with van der Waals surface area (Å²) in [6.07, 6.45) is 3.44. The van der Waals surface area contributed by atoms with E-state index in [1.165, 1.54) is 0 Å². The number of benzene rings is 2. The van der Waals surface area contributed by atoms with Gasteiger partial charge >= 0.3 is 6.92 Å². The quantitative estimate of drug-likeness (QED) is 0.286. The van der Waals surface area contributed by atoms with E-state index in [0.717, 1.165) is 67.3 Å². The van der Waals surface area contributed by atoms with Gasteiger partial charge in [-0.15, -0.1) is 0 Å². The molecule has 3 heterocycles. The molecule has 0 atom stereocenters. The van der Waals surface area contributed by atoms with Crippen LogP contribution in [0, 0.1) is 0 Å². The van der Waals surface area contributed by atoms with Crippen molar-refractivity contribution >= 4 is 34.8 Å². The Morgan fingerprint density at radius 2 is 1.59 bits per heavy atom. The van der Waals surface area contributed by atoms with E-state index >= 15 is 0 Å². The van der Waals surface area contributed by atoms with Gasteiger partial charge in [0.15, 0.2) is 11.5 Å². The summed E-state index contributed by atoms with van der Waals surface area (Å²) in [7, 11) is 0. The van der Waals surface area contributed by atoms with Gasteiger partial charge in [-0.3, -0.25) is 4.90 Å². The minimum atomic E-state index is -0.117. The third kappa shape index (κ3) is 5.44. The Labute approximate surface area is 200 Å².